The van der Waals surface area contributed by atoms with Gasteiger partial charge >= 0.3 is 6.03 Å². The van der Waals surface area contributed by atoms with Crippen molar-refractivity contribution in [2.75, 3.05) is 19.3 Å². The summed E-state index contributed by atoms with van der Waals surface area (Å²) in [6.07, 6.45) is 3.02. The number of nitrogens with zero attached hydrogens (tertiary/aromatic N) is 1. The summed E-state index contributed by atoms with van der Waals surface area (Å²) < 4.78 is 40.2. The Balaban J connectivity index is 1.90. The average molecular weight is 434 g/mol. The predicted octanol–water partition coefficient (Wildman–Crippen LogP) is 3.15. The number of nitrogens with one attached hydrogen (secondary N) is 2. The molecule has 162 valence electrons. The minimum absolute atomic E-state index is 0.191. The summed E-state index contributed by atoms with van der Waals surface area (Å²) in [5, 5.41) is 2.83. The Morgan fingerprint density at radius 3 is 2.53 bits per heavy atom. The number of sulfonamides is 1. The lowest BCUT2D eigenvalue weighted by Crippen LogP contribution is -2.59. The van der Waals surface area contributed by atoms with Crippen LogP contribution in [0.25, 0.3) is 11.1 Å². The smallest absolute Gasteiger partial charge is 0.317 e. The quantitative estimate of drug-likeness (QED) is 0.735. The molecule has 1 heterocycles. The van der Waals surface area contributed by atoms with Crippen LogP contribution in [-0.4, -0.2) is 50.8 Å². The van der Waals surface area contributed by atoms with Gasteiger partial charge in [0.25, 0.3) is 0 Å². The third-order valence-electron chi connectivity index (χ3n) is 5.26. The average Bonchev–Trinajstić information content (AvgIpc) is 2.68. The van der Waals surface area contributed by atoms with Gasteiger partial charge in [0, 0.05) is 19.1 Å². The Bertz CT molecular complexity index is 997. The molecule has 0 saturated carbocycles. The summed E-state index contributed by atoms with van der Waals surface area (Å²) in [6, 6.07) is 13.2. The van der Waals surface area contributed by atoms with Crippen LogP contribution < -0.4 is 10.0 Å². The molecule has 0 spiro atoms. The third-order valence-corrected chi connectivity index (χ3v) is 5.99. The van der Waals surface area contributed by atoms with E-state index in [9.17, 15) is 17.6 Å². The highest BCUT2D eigenvalue weighted by Crippen LogP contribution is 2.26. The molecule has 0 aliphatic carbocycles. The monoisotopic (exact) mass is 433 g/mol. The summed E-state index contributed by atoms with van der Waals surface area (Å²) in [7, 11) is -3.42. The Hall–Kier alpha value is -2.45. The van der Waals surface area contributed by atoms with Crippen LogP contribution in [0.2, 0.25) is 0 Å². The summed E-state index contributed by atoms with van der Waals surface area (Å²) >= 11 is 0. The van der Waals surface area contributed by atoms with Gasteiger partial charge in [-0.25, -0.2) is 22.3 Å². The fourth-order valence-electron chi connectivity index (χ4n) is 4.01. The van der Waals surface area contributed by atoms with Crippen LogP contribution in [0.5, 0.6) is 0 Å². The molecule has 1 aliphatic rings. The van der Waals surface area contributed by atoms with Crippen LogP contribution in [0.1, 0.15) is 25.3 Å². The van der Waals surface area contributed by atoms with E-state index in [2.05, 4.69) is 10.0 Å². The van der Waals surface area contributed by atoms with E-state index >= 15 is 0 Å². The number of carbonyl (C=O) groups is 1. The van der Waals surface area contributed by atoms with Crippen molar-refractivity contribution < 1.29 is 17.6 Å². The molecule has 6 nitrogen and oxygen atoms in total. The van der Waals surface area contributed by atoms with Crippen molar-refractivity contribution in [3.05, 3.63) is 59.9 Å². The van der Waals surface area contributed by atoms with E-state index in [1.807, 2.05) is 37.3 Å². The number of piperidine rings is 1. The fourth-order valence-corrected chi connectivity index (χ4v) is 4.84. The first-order chi connectivity index (χ1) is 14.3. The molecule has 1 fully saturated rings. The summed E-state index contributed by atoms with van der Waals surface area (Å²) in [6.45, 7) is 2.93. The summed E-state index contributed by atoms with van der Waals surface area (Å²) in [5.74, 6) is -0.301. The van der Waals surface area contributed by atoms with Gasteiger partial charge in [0.15, 0.2) is 0 Å². The van der Waals surface area contributed by atoms with Crippen LogP contribution in [0.4, 0.5) is 9.18 Å². The van der Waals surface area contributed by atoms with Crippen LogP contribution in [0.3, 0.4) is 0 Å². The van der Waals surface area contributed by atoms with Crippen molar-refractivity contribution in [3.63, 3.8) is 0 Å². The highest BCUT2D eigenvalue weighted by atomic mass is 32.2. The molecule has 0 unspecified atom stereocenters. The standard InChI is InChI=1S/C22H28FN3O3S/c1-3-24-22(27)26-12-6-11-20(25-30(2,28)29)21(26)14-16-7-4-8-17(13-16)18-9-5-10-19(23)15-18/h4-5,7-10,13,15,20-21,25H,3,6,11-12,14H2,1-2H3,(H,24,27)/t20-,21+/m0/s1. The summed E-state index contributed by atoms with van der Waals surface area (Å²) in [4.78, 5) is 14.4. The first-order valence-electron chi connectivity index (χ1n) is 10.1. The second kappa shape index (κ2) is 9.57. The number of halogens is 1. The van der Waals surface area contributed by atoms with E-state index in [0.717, 1.165) is 29.4 Å². The zero-order chi connectivity index (χ0) is 21.7. The largest absolute Gasteiger partial charge is 0.338 e. The Morgan fingerprint density at radius 2 is 1.87 bits per heavy atom. The highest BCUT2D eigenvalue weighted by Gasteiger charge is 2.35. The predicted molar refractivity (Wildman–Crippen MR) is 116 cm³/mol. The molecule has 1 saturated heterocycles. The lowest BCUT2D eigenvalue weighted by molar-refractivity contribution is 0.134. The van der Waals surface area contributed by atoms with Gasteiger partial charge in [-0.1, -0.05) is 36.4 Å². The Morgan fingerprint density at radius 1 is 1.17 bits per heavy atom. The normalized spacial score (nSPS) is 19.5. The Kier molecular flexibility index (Phi) is 7.10. The van der Waals surface area contributed by atoms with Gasteiger partial charge in [0.05, 0.1) is 12.3 Å². The van der Waals surface area contributed by atoms with E-state index < -0.39 is 10.0 Å². The molecular weight excluding hydrogens is 405 g/mol. The highest BCUT2D eigenvalue weighted by molar-refractivity contribution is 7.88. The molecule has 2 atom stereocenters. The van der Waals surface area contributed by atoms with Crippen molar-refractivity contribution in [3.8, 4) is 11.1 Å². The number of likely N-dealkylation sites (tertiary alicyclic amines) is 1. The topological polar surface area (TPSA) is 78.5 Å². The molecular formula is C22H28FN3O3S. The summed E-state index contributed by atoms with van der Waals surface area (Å²) in [5.41, 5.74) is 2.60. The van der Waals surface area contributed by atoms with Gasteiger partial charge in [-0.05, 0) is 55.0 Å². The Labute approximate surface area is 177 Å². The molecule has 0 aromatic heterocycles. The zero-order valence-corrected chi connectivity index (χ0v) is 18.1. The van der Waals surface area contributed by atoms with Crippen molar-refractivity contribution in [2.24, 2.45) is 0 Å². The number of carbonyl (C=O) groups excluding carboxylic acids is 1. The maximum atomic E-state index is 13.6. The van der Waals surface area contributed by atoms with E-state index in [-0.39, 0.29) is 23.9 Å². The first kappa shape index (κ1) is 22.2. The number of hydrogen-bond donors (Lipinski definition) is 2. The molecule has 1 aliphatic heterocycles. The zero-order valence-electron chi connectivity index (χ0n) is 17.3. The maximum absolute atomic E-state index is 13.6. The van der Waals surface area contributed by atoms with Crippen LogP contribution in [-0.2, 0) is 16.4 Å². The van der Waals surface area contributed by atoms with E-state index in [1.54, 1.807) is 11.0 Å². The van der Waals surface area contributed by atoms with Crippen molar-refractivity contribution in [1.82, 2.24) is 14.9 Å². The molecule has 2 aromatic carbocycles. The minimum Gasteiger partial charge on any atom is -0.338 e. The van der Waals surface area contributed by atoms with Gasteiger partial charge in [-0.15, -0.1) is 0 Å². The van der Waals surface area contributed by atoms with Gasteiger partial charge < -0.3 is 10.2 Å². The molecule has 2 amide bonds. The lowest BCUT2D eigenvalue weighted by Gasteiger charge is -2.41. The van der Waals surface area contributed by atoms with Crippen molar-refractivity contribution >= 4 is 16.1 Å². The minimum atomic E-state index is -3.42. The SMILES string of the molecule is CCNC(=O)N1CCC[C@H](NS(C)(=O)=O)[C@H]1Cc1cccc(-c2cccc(F)c2)c1. The molecule has 2 N–H and O–H groups in total. The van der Waals surface area contributed by atoms with Crippen LogP contribution >= 0.6 is 0 Å². The second-order valence-corrected chi connectivity index (χ2v) is 9.43. The molecule has 3 rings (SSSR count). The van der Waals surface area contributed by atoms with E-state index in [4.69, 9.17) is 0 Å². The fraction of sp³-hybridized carbons (Fsp3) is 0.409. The van der Waals surface area contributed by atoms with E-state index in [1.165, 1.54) is 12.1 Å². The molecule has 0 bridgehead atoms. The molecule has 8 heteroatoms. The van der Waals surface area contributed by atoms with E-state index in [0.29, 0.717) is 25.9 Å². The van der Waals surface area contributed by atoms with Gasteiger partial charge in [-0.3, -0.25) is 0 Å². The van der Waals surface area contributed by atoms with Crippen molar-refractivity contribution in [2.45, 2.75) is 38.3 Å². The number of urea groups is 1. The molecule has 2 aromatic rings. The van der Waals surface area contributed by atoms with Gasteiger partial charge in [-0.2, -0.15) is 0 Å². The second-order valence-electron chi connectivity index (χ2n) is 7.65. The number of benzene rings is 2. The van der Waals surface area contributed by atoms with Gasteiger partial charge in [0.2, 0.25) is 10.0 Å². The molecule has 0 radical (unpaired) electrons. The van der Waals surface area contributed by atoms with Crippen molar-refractivity contribution in [1.29, 1.82) is 0 Å². The number of rotatable bonds is 6. The van der Waals surface area contributed by atoms with Crippen LogP contribution in [0, 0.1) is 5.82 Å². The number of amides is 2. The number of hydrogen-bond acceptors (Lipinski definition) is 3. The molecule has 30 heavy (non-hydrogen) atoms. The van der Waals surface area contributed by atoms with Crippen LogP contribution in [0.15, 0.2) is 48.5 Å². The maximum Gasteiger partial charge on any atom is 0.317 e. The first-order valence-corrected chi connectivity index (χ1v) is 12.0. The van der Waals surface area contributed by atoms with Gasteiger partial charge in [0.1, 0.15) is 5.82 Å². The lowest BCUT2D eigenvalue weighted by atomic mass is 9.90. The third kappa shape index (κ3) is 5.79.